The van der Waals surface area contributed by atoms with Crippen molar-refractivity contribution in [1.29, 1.82) is 0 Å². The molecule has 0 amide bonds. The van der Waals surface area contributed by atoms with Gasteiger partial charge in [-0.05, 0) is 43.4 Å². The number of hydrogen-bond acceptors (Lipinski definition) is 3. The fraction of sp³-hybridized carbons (Fsp3) is 0.562. The van der Waals surface area contributed by atoms with Gasteiger partial charge in [-0.1, -0.05) is 37.5 Å². The van der Waals surface area contributed by atoms with Crippen LogP contribution in [0, 0.1) is 11.7 Å². The van der Waals surface area contributed by atoms with Crippen molar-refractivity contribution >= 4 is 26.7 Å². The van der Waals surface area contributed by atoms with E-state index in [9.17, 15) is 4.39 Å². The van der Waals surface area contributed by atoms with Crippen molar-refractivity contribution in [2.45, 2.75) is 51.5 Å². The second-order valence-corrected chi connectivity index (χ2v) is 6.72. The van der Waals surface area contributed by atoms with Crippen molar-refractivity contribution in [3.05, 3.63) is 24.0 Å². The summed E-state index contributed by atoms with van der Waals surface area (Å²) in [6, 6.07) is 5.30. The zero-order valence-corrected chi connectivity index (χ0v) is 12.7. The highest BCUT2D eigenvalue weighted by molar-refractivity contribution is 7.22. The second kappa shape index (κ2) is 6.08. The molecular weight excluding hydrogens is 271 g/mol. The van der Waals surface area contributed by atoms with Crippen molar-refractivity contribution in [2.75, 3.05) is 5.32 Å². The Morgan fingerprint density at radius 2 is 2.15 bits per heavy atom. The summed E-state index contributed by atoms with van der Waals surface area (Å²) < 4.78 is 14.1. The van der Waals surface area contributed by atoms with Crippen molar-refractivity contribution in [3.63, 3.8) is 0 Å². The third kappa shape index (κ3) is 2.95. The molecule has 1 aromatic carbocycles. The number of nitrogens with one attached hydrogen (secondary N) is 1. The Morgan fingerprint density at radius 1 is 1.35 bits per heavy atom. The second-order valence-electron chi connectivity index (χ2n) is 5.69. The summed E-state index contributed by atoms with van der Waals surface area (Å²) >= 11 is 1.56. The van der Waals surface area contributed by atoms with E-state index >= 15 is 0 Å². The molecule has 0 saturated heterocycles. The fourth-order valence-corrected chi connectivity index (χ4v) is 4.16. The van der Waals surface area contributed by atoms with Gasteiger partial charge in [-0.25, -0.2) is 9.37 Å². The van der Waals surface area contributed by atoms with Gasteiger partial charge in [-0.15, -0.1) is 0 Å². The molecule has 1 aromatic heterocycles. The van der Waals surface area contributed by atoms with E-state index in [4.69, 9.17) is 0 Å². The molecule has 0 radical (unpaired) electrons. The number of benzene rings is 1. The monoisotopic (exact) mass is 292 g/mol. The van der Waals surface area contributed by atoms with Crippen LogP contribution in [0.1, 0.15) is 45.4 Å². The smallest absolute Gasteiger partial charge is 0.184 e. The average Bonchev–Trinajstić information content (AvgIpc) is 2.87. The number of nitrogens with zero attached hydrogens (tertiary/aromatic N) is 1. The molecular formula is C16H21FN2S. The van der Waals surface area contributed by atoms with Gasteiger partial charge in [0.15, 0.2) is 5.13 Å². The number of aromatic nitrogens is 1. The lowest BCUT2D eigenvalue weighted by atomic mass is 9.83. The van der Waals surface area contributed by atoms with Gasteiger partial charge in [-0.3, -0.25) is 0 Å². The van der Waals surface area contributed by atoms with E-state index < -0.39 is 0 Å². The molecule has 1 heterocycles. The molecule has 4 heteroatoms. The SMILES string of the molecule is CCC(Nc1nc2ccc(F)cc2s1)C1CCCCC1. The lowest BCUT2D eigenvalue weighted by Gasteiger charge is -2.30. The predicted molar refractivity (Wildman–Crippen MR) is 83.9 cm³/mol. The van der Waals surface area contributed by atoms with E-state index in [2.05, 4.69) is 17.2 Å². The summed E-state index contributed by atoms with van der Waals surface area (Å²) in [5, 5.41) is 4.53. The Kier molecular flexibility index (Phi) is 4.20. The third-order valence-corrected chi connectivity index (χ3v) is 5.27. The zero-order valence-electron chi connectivity index (χ0n) is 11.9. The lowest BCUT2D eigenvalue weighted by molar-refractivity contribution is 0.313. The molecule has 1 atom stereocenters. The highest BCUT2D eigenvalue weighted by Gasteiger charge is 2.23. The fourth-order valence-electron chi connectivity index (χ4n) is 3.21. The molecule has 1 saturated carbocycles. The van der Waals surface area contributed by atoms with Crippen molar-refractivity contribution in [1.82, 2.24) is 4.98 Å². The summed E-state index contributed by atoms with van der Waals surface area (Å²) in [5.74, 6) is 0.574. The van der Waals surface area contributed by atoms with Crippen LogP contribution in [0.2, 0.25) is 0 Å². The molecule has 2 nitrogen and oxygen atoms in total. The topological polar surface area (TPSA) is 24.9 Å². The van der Waals surface area contributed by atoms with Crippen LogP contribution in [0.15, 0.2) is 18.2 Å². The first-order valence-electron chi connectivity index (χ1n) is 7.59. The van der Waals surface area contributed by atoms with Gasteiger partial charge < -0.3 is 5.32 Å². The summed E-state index contributed by atoms with van der Waals surface area (Å²) in [5.41, 5.74) is 0.886. The number of anilines is 1. The highest BCUT2D eigenvalue weighted by atomic mass is 32.1. The Hall–Kier alpha value is -1.16. The Balaban J connectivity index is 1.76. The molecule has 2 aromatic rings. The number of halogens is 1. The minimum Gasteiger partial charge on any atom is -0.358 e. The summed E-state index contributed by atoms with van der Waals surface area (Å²) in [7, 11) is 0. The average molecular weight is 292 g/mol. The summed E-state index contributed by atoms with van der Waals surface area (Å²) in [6.07, 6.45) is 7.86. The van der Waals surface area contributed by atoms with Gasteiger partial charge in [0.25, 0.3) is 0 Å². The molecule has 0 bridgehead atoms. The number of rotatable bonds is 4. The van der Waals surface area contributed by atoms with Gasteiger partial charge in [0.05, 0.1) is 10.2 Å². The minimum absolute atomic E-state index is 0.188. The highest BCUT2D eigenvalue weighted by Crippen LogP contribution is 2.32. The molecule has 1 aliphatic rings. The van der Waals surface area contributed by atoms with E-state index in [-0.39, 0.29) is 5.82 Å². The molecule has 108 valence electrons. The van der Waals surface area contributed by atoms with Gasteiger partial charge in [0, 0.05) is 6.04 Å². The van der Waals surface area contributed by atoms with Crippen molar-refractivity contribution in [3.8, 4) is 0 Å². The van der Waals surface area contributed by atoms with Crippen LogP contribution in [-0.2, 0) is 0 Å². The molecule has 3 rings (SSSR count). The van der Waals surface area contributed by atoms with Gasteiger partial charge >= 0.3 is 0 Å². The maximum absolute atomic E-state index is 13.2. The van der Waals surface area contributed by atoms with Gasteiger partial charge in [0.2, 0.25) is 0 Å². The van der Waals surface area contributed by atoms with E-state index in [0.717, 1.165) is 27.7 Å². The zero-order chi connectivity index (χ0) is 13.9. The van der Waals surface area contributed by atoms with E-state index in [1.807, 2.05) is 0 Å². The molecule has 1 N–H and O–H groups in total. The van der Waals surface area contributed by atoms with Crippen LogP contribution in [-0.4, -0.2) is 11.0 Å². The largest absolute Gasteiger partial charge is 0.358 e. The van der Waals surface area contributed by atoms with Crippen molar-refractivity contribution in [2.24, 2.45) is 5.92 Å². The maximum atomic E-state index is 13.2. The van der Waals surface area contributed by atoms with Crippen LogP contribution >= 0.6 is 11.3 Å². The summed E-state index contributed by atoms with van der Waals surface area (Å²) in [4.78, 5) is 4.58. The molecule has 1 aliphatic carbocycles. The number of hydrogen-bond donors (Lipinski definition) is 1. The van der Waals surface area contributed by atoms with Crippen LogP contribution in [0.5, 0.6) is 0 Å². The van der Waals surface area contributed by atoms with Crippen LogP contribution in [0.4, 0.5) is 9.52 Å². The number of thiazole rings is 1. The first-order chi connectivity index (χ1) is 9.76. The predicted octanol–water partition coefficient (Wildman–Crippen LogP) is 5.21. The third-order valence-electron chi connectivity index (χ3n) is 4.32. The van der Waals surface area contributed by atoms with E-state index in [0.29, 0.717) is 6.04 Å². The Labute approximate surface area is 123 Å². The standard InChI is InChI=1S/C16H21FN2S/c1-2-13(11-6-4-3-5-7-11)18-16-19-14-9-8-12(17)10-15(14)20-16/h8-11,13H,2-7H2,1H3,(H,18,19). The van der Waals surface area contributed by atoms with Crippen molar-refractivity contribution < 1.29 is 4.39 Å². The van der Waals surface area contributed by atoms with Gasteiger partial charge in [-0.2, -0.15) is 0 Å². The molecule has 1 fully saturated rings. The van der Waals surface area contributed by atoms with Gasteiger partial charge in [0.1, 0.15) is 5.82 Å². The molecule has 0 aliphatic heterocycles. The molecule has 1 unspecified atom stereocenters. The van der Waals surface area contributed by atoms with E-state index in [1.54, 1.807) is 23.5 Å². The first-order valence-corrected chi connectivity index (χ1v) is 8.40. The van der Waals surface area contributed by atoms with E-state index in [1.165, 1.54) is 38.2 Å². The summed E-state index contributed by atoms with van der Waals surface area (Å²) in [6.45, 7) is 2.24. The lowest BCUT2D eigenvalue weighted by Crippen LogP contribution is -2.29. The Bertz CT molecular complexity index is 575. The first kappa shape index (κ1) is 13.8. The molecule has 20 heavy (non-hydrogen) atoms. The maximum Gasteiger partial charge on any atom is 0.184 e. The normalized spacial score (nSPS) is 18.3. The van der Waals surface area contributed by atoms with Crippen LogP contribution < -0.4 is 5.32 Å². The Morgan fingerprint density at radius 3 is 2.90 bits per heavy atom. The number of fused-ring (bicyclic) bond motifs is 1. The van der Waals surface area contributed by atoms with Crippen LogP contribution in [0.3, 0.4) is 0 Å². The minimum atomic E-state index is -0.188. The van der Waals surface area contributed by atoms with Crippen LogP contribution in [0.25, 0.3) is 10.2 Å². The molecule has 0 spiro atoms. The quantitative estimate of drug-likeness (QED) is 0.837.